The Bertz CT molecular complexity index is 1490. The predicted molar refractivity (Wildman–Crippen MR) is 171 cm³/mol. The van der Waals surface area contributed by atoms with Gasteiger partial charge < -0.3 is 9.64 Å². The maximum atomic E-state index is 13.0. The van der Waals surface area contributed by atoms with E-state index >= 15 is 0 Å². The summed E-state index contributed by atoms with van der Waals surface area (Å²) in [5.74, 6) is 1.45. The number of nitrogens with zero attached hydrogens (tertiary/aromatic N) is 2. The monoisotopic (exact) mass is 564 g/mol. The van der Waals surface area contributed by atoms with E-state index in [0.29, 0.717) is 21.5 Å². The molecule has 0 unspecified atom stereocenters. The lowest BCUT2D eigenvalue weighted by Gasteiger charge is -2.27. The third kappa shape index (κ3) is 5.98. The summed E-state index contributed by atoms with van der Waals surface area (Å²) in [7, 11) is 0. The molecule has 2 aliphatic rings. The lowest BCUT2D eigenvalue weighted by atomic mass is 9.91. The number of carbonyl (C=O) groups excluding carboxylic acids is 1. The van der Waals surface area contributed by atoms with Gasteiger partial charge in [0.2, 0.25) is 0 Å². The van der Waals surface area contributed by atoms with Crippen molar-refractivity contribution in [3.63, 3.8) is 0 Å². The standard InChI is InChI=1S/C34H32N2O2S2/c1-5-35-32(37)31(40-33(35)39)25-22-29(38-30(23-25)34(2,3)4)21-18-24-16-19-28(20-17-24)36(26-12-8-6-9-13-26)27-14-10-7-11-15-27/h6-23H,5H2,1-4H3/b21-18+,31-25+. The first-order valence-corrected chi connectivity index (χ1v) is 14.5. The second-order valence-corrected chi connectivity index (χ2v) is 12.2. The molecular weight excluding hydrogens is 533 g/mol. The maximum Gasteiger partial charge on any atom is 0.266 e. The van der Waals surface area contributed by atoms with Crippen LogP contribution in [0, 0.1) is 5.41 Å². The van der Waals surface area contributed by atoms with Gasteiger partial charge in [-0.05, 0) is 67.1 Å². The molecule has 1 fully saturated rings. The first-order chi connectivity index (χ1) is 19.2. The van der Waals surface area contributed by atoms with Crippen LogP contribution < -0.4 is 4.90 Å². The lowest BCUT2D eigenvalue weighted by molar-refractivity contribution is -0.122. The van der Waals surface area contributed by atoms with E-state index in [1.54, 1.807) is 4.90 Å². The maximum absolute atomic E-state index is 13.0. The van der Waals surface area contributed by atoms with Gasteiger partial charge in [0, 0.05) is 34.6 Å². The first-order valence-electron chi connectivity index (χ1n) is 13.3. The van der Waals surface area contributed by atoms with Crippen LogP contribution in [0.1, 0.15) is 33.3 Å². The minimum atomic E-state index is -0.226. The number of allylic oxidation sites excluding steroid dienone is 5. The number of ether oxygens (including phenoxy) is 1. The molecule has 0 atom stereocenters. The molecular formula is C34H32N2O2S2. The molecule has 4 nitrogen and oxygen atoms in total. The SMILES string of the molecule is CCN1C(=O)/C(=C2C=C(/C=C/c3ccc(N(c4ccccc4)c4ccccc4)cc3)OC(C(C)(C)C)=C/2)SC1=S. The Labute approximate surface area is 246 Å². The van der Waals surface area contributed by atoms with Gasteiger partial charge in [0.15, 0.2) is 0 Å². The van der Waals surface area contributed by atoms with Gasteiger partial charge in [0.05, 0.1) is 4.91 Å². The number of likely N-dealkylation sites (N-methyl/N-ethyl adjacent to an activating group) is 1. The van der Waals surface area contributed by atoms with Crippen LogP contribution >= 0.6 is 24.0 Å². The highest BCUT2D eigenvalue weighted by Gasteiger charge is 2.34. The van der Waals surface area contributed by atoms with E-state index < -0.39 is 0 Å². The Kier molecular flexibility index (Phi) is 8.10. The average Bonchev–Trinajstić information content (AvgIpc) is 3.26. The van der Waals surface area contributed by atoms with E-state index in [1.165, 1.54) is 11.8 Å². The molecule has 40 heavy (non-hydrogen) atoms. The van der Waals surface area contributed by atoms with Gasteiger partial charge in [-0.1, -0.05) is 99.4 Å². The molecule has 3 aromatic rings. The number of carbonyl (C=O) groups is 1. The topological polar surface area (TPSA) is 32.8 Å². The summed E-state index contributed by atoms with van der Waals surface area (Å²) in [5.41, 5.74) is 4.92. The number of benzene rings is 3. The number of rotatable bonds is 6. The van der Waals surface area contributed by atoms with Gasteiger partial charge >= 0.3 is 0 Å². The highest BCUT2D eigenvalue weighted by Crippen LogP contribution is 2.40. The molecule has 2 heterocycles. The molecule has 1 amide bonds. The van der Waals surface area contributed by atoms with Crippen molar-refractivity contribution in [3.05, 3.63) is 131 Å². The van der Waals surface area contributed by atoms with Crippen molar-refractivity contribution in [2.75, 3.05) is 11.4 Å². The minimum absolute atomic E-state index is 0.0459. The highest BCUT2D eigenvalue weighted by molar-refractivity contribution is 8.26. The lowest BCUT2D eigenvalue weighted by Crippen LogP contribution is -2.27. The van der Waals surface area contributed by atoms with Crippen molar-refractivity contribution >= 4 is 57.3 Å². The Morgan fingerprint density at radius 3 is 1.95 bits per heavy atom. The summed E-state index contributed by atoms with van der Waals surface area (Å²) < 4.78 is 6.88. The number of anilines is 3. The van der Waals surface area contributed by atoms with E-state index in [9.17, 15) is 4.79 Å². The van der Waals surface area contributed by atoms with Crippen LogP contribution in [0.15, 0.2) is 125 Å². The van der Waals surface area contributed by atoms with Crippen molar-refractivity contribution in [2.45, 2.75) is 27.7 Å². The van der Waals surface area contributed by atoms with E-state index in [2.05, 4.69) is 98.5 Å². The number of thioether (sulfide) groups is 1. The van der Waals surface area contributed by atoms with Crippen molar-refractivity contribution in [1.82, 2.24) is 4.90 Å². The third-order valence-corrected chi connectivity index (χ3v) is 8.08. The van der Waals surface area contributed by atoms with Gasteiger partial charge in [-0.3, -0.25) is 9.69 Å². The quantitative estimate of drug-likeness (QED) is 0.220. The van der Waals surface area contributed by atoms with Crippen LogP contribution in [0.5, 0.6) is 0 Å². The van der Waals surface area contributed by atoms with E-state index in [-0.39, 0.29) is 11.3 Å². The summed E-state index contributed by atoms with van der Waals surface area (Å²) >= 11 is 6.80. The number of amides is 1. The summed E-state index contributed by atoms with van der Waals surface area (Å²) in [6.45, 7) is 8.80. The largest absolute Gasteiger partial charge is 0.461 e. The van der Waals surface area contributed by atoms with E-state index in [0.717, 1.165) is 34.0 Å². The molecule has 0 bridgehead atoms. The molecule has 5 rings (SSSR count). The van der Waals surface area contributed by atoms with Crippen molar-refractivity contribution in [2.24, 2.45) is 5.41 Å². The van der Waals surface area contributed by atoms with E-state index in [1.807, 2.05) is 43.4 Å². The molecule has 0 aliphatic carbocycles. The smallest absolute Gasteiger partial charge is 0.266 e. The molecule has 202 valence electrons. The van der Waals surface area contributed by atoms with E-state index in [4.69, 9.17) is 17.0 Å². The Hall–Kier alpha value is -3.87. The van der Waals surface area contributed by atoms with Crippen LogP contribution in [0.4, 0.5) is 17.1 Å². The molecule has 6 heteroatoms. The van der Waals surface area contributed by atoms with Crippen LogP contribution in [0.2, 0.25) is 0 Å². The fourth-order valence-corrected chi connectivity index (χ4v) is 5.86. The average molecular weight is 565 g/mol. The molecule has 0 aromatic heterocycles. The fraction of sp³-hybridized carbons (Fsp3) is 0.176. The van der Waals surface area contributed by atoms with Crippen LogP contribution in [0.3, 0.4) is 0 Å². The second-order valence-electron chi connectivity index (χ2n) is 10.5. The van der Waals surface area contributed by atoms with Gasteiger partial charge in [0.25, 0.3) is 5.91 Å². The van der Waals surface area contributed by atoms with Crippen LogP contribution in [0.25, 0.3) is 6.08 Å². The molecule has 1 saturated heterocycles. The molecule has 0 N–H and O–H groups in total. The number of hydrogen-bond acceptors (Lipinski definition) is 5. The molecule has 2 aliphatic heterocycles. The molecule has 3 aromatic carbocycles. The number of hydrogen-bond donors (Lipinski definition) is 0. The molecule has 0 spiro atoms. The van der Waals surface area contributed by atoms with Gasteiger partial charge in [-0.2, -0.15) is 0 Å². The van der Waals surface area contributed by atoms with Crippen LogP contribution in [-0.2, 0) is 9.53 Å². The van der Waals surface area contributed by atoms with Crippen molar-refractivity contribution < 1.29 is 9.53 Å². The number of para-hydroxylation sites is 2. The van der Waals surface area contributed by atoms with Crippen LogP contribution in [-0.4, -0.2) is 21.7 Å². The van der Waals surface area contributed by atoms with Crippen molar-refractivity contribution in [3.8, 4) is 0 Å². The zero-order chi connectivity index (χ0) is 28.3. The van der Waals surface area contributed by atoms with Gasteiger partial charge in [-0.25, -0.2) is 0 Å². The first kappa shape index (κ1) is 27.7. The molecule has 0 saturated carbocycles. The van der Waals surface area contributed by atoms with Gasteiger partial charge in [-0.15, -0.1) is 0 Å². The van der Waals surface area contributed by atoms with Gasteiger partial charge in [0.1, 0.15) is 15.8 Å². The second kappa shape index (κ2) is 11.7. The third-order valence-electron chi connectivity index (χ3n) is 6.60. The fourth-order valence-electron chi connectivity index (χ4n) is 4.47. The summed E-state index contributed by atoms with van der Waals surface area (Å²) in [6, 6.07) is 29.1. The summed E-state index contributed by atoms with van der Waals surface area (Å²) in [5, 5.41) is 0. The highest BCUT2D eigenvalue weighted by atomic mass is 32.2. The summed E-state index contributed by atoms with van der Waals surface area (Å²) in [4.78, 5) is 17.5. The normalized spacial score (nSPS) is 17.6. The zero-order valence-electron chi connectivity index (χ0n) is 23.1. The van der Waals surface area contributed by atoms with Crippen molar-refractivity contribution in [1.29, 1.82) is 0 Å². The zero-order valence-corrected chi connectivity index (χ0v) is 24.8. The predicted octanol–water partition coefficient (Wildman–Crippen LogP) is 9.15. The Morgan fingerprint density at radius 1 is 0.850 bits per heavy atom. The Morgan fingerprint density at radius 2 is 1.43 bits per heavy atom. The molecule has 0 radical (unpaired) electrons. The Balaban J connectivity index is 1.44. The minimum Gasteiger partial charge on any atom is -0.461 e. The summed E-state index contributed by atoms with van der Waals surface area (Å²) in [6.07, 6.45) is 7.89. The number of thiocarbonyl (C=S) groups is 1.